The molecule has 0 spiro atoms. The highest BCUT2D eigenvalue weighted by Crippen LogP contribution is 2.29. The van der Waals surface area contributed by atoms with E-state index in [0.717, 1.165) is 12.0 Å². The number of hydrogen-bond donors (Lipinski definition) is 1. The summed E-state index contributed by atoms with van der Waals surface area (Å²) in [4.78, 5) is 24.9. The van der Waals surface area contributed by atoms with Crippen LogP contribution in [0.5, 0.6) is 11.5 Å². The molecule has 1 aliphatic rings. The van der Waals surface area contributed by atoms with E-state index in [0.29, 0.717) is 18.0 Å². The smallest absolute Gasteiger partial charge is 0.308 e. The van der Waals surface area contributed by atoms with Gasteiger partial charge in [-0.1, -0.05) is 19.1 Å². The van der Waals surface area contributed by atoms with Crippen LogP contribution in [0, 0.1) is 11.8 Å². The number of carbonyl (C=O) groups excluding carboxylic acids is 1. The molecule has 1 saturated heterocycles. The number of carboxylic acid groups (broad SMARTS) is 1. The molecule has 1 aromatic carbocycles. The van der Waals surface area contributed by atoms with Crippen LogP contribution in [0.2, 0.25) is 0 Å². The Morgan fingerprint density at radius 2 is 2.12 bits per heavy atom. The molecule has 1 aliphatic heterocycles. The van der Waals surface area contributed by atoms with Crippen LogP contribution in [0.4, 0.5) is 0 Å². The number of nitrogens with zero attached hydrogens (tertiary/aromatic N) is 1. The number of benzene rings is 1. The van der Waals surface area contributed by atoms with Gasteiger partial charge in [-0.25, -0.2) is 0 Å². The number of rotatable bonds is 7. The summed E-state index contributed by atoms with van der Waals surface area (Å²) in [6.45, 7) is 6.07. The minimum atomic E-state index is -0.863. The lowest BCUT2D eigenvalue weighted by molar-refractivity contribution is -0.142. The molecule has 0 aliphatic carbocycles. The Balaban J connectivity index is 1.97. The van der Waals surface area contributed by atoms with E-state index >= 15 is 0 Å². The summed E-state index contributed by atoms with van der Waals surface area (Å²) >= 11 is 0. The summed E-state index contributed by atoms with van der Waals surface area (Å²) in [6.07, 6.45) is 2.52. The Morgan fingerprint density at radius 1 is 1.38 bits per heavy atom. The lowest BCUT2D eigenvalue weighted by atomic mass is 9.99. The molecule has 1 N–H and O–H groups in total. The molecule has 6 nitrogen and oxygen atoms in total. The maximum Gasteiger partial charge on any atom is 0.308 e. The van der Waals surface area contributed by atoms with E-state index in [1.807, 2.05) is 19.1 Å². The zero-order valence-electron chi connectivity index (χ0n) is 14.0. The largest absolute Gasteiger partial charge is 0.493 e. The molecule has 1 fully saturated rings. The molecule has 130 valence electrons. The van der Waals surface area contributed by atoms with Gasteiger partial charge in [-0.3, -0.25) is 9.59 Å². The maximum absolute atomic E-state index is 12.3. The molecule has 2 rings (SSSR count). The number of carbonyl (C=O) groups is 2. The first-order valence-corrected chi connectivity index (χ1v) is 7.87. The van der Waals surface area contributed by atoms with Gasteiger partial charge in [-0.05, 0) is 30.0 Å². The zero-order chi connectivity index (χ0) is 17.7. The molecule has 0 aromatic heterocycles. The summed E-state index contributed by atoms with van der Waals surface area (Å²) in [5, 5.41) is 9.14. The van der Waals surface area contributed by atoms with Gasteiger partial charge in [0.2, 0.25) is 0 Å². The summed E-state index contributed by atoms with van der Waals surface area (Å²) in [5.41, 5.74) is 1.04. The average molecular weight is 333 g/mol. The predicted octanol–water partition coefficient (Wildman–Crippen LogP) is 1.98. The van der Waals surface area contributed by atoms with Crippen molar-refractivity contribution >= 4 is 11.9 Å². The summed E-state index contributed by atoms with van der Waals surface area (Å²) < 4.78 is 10.9. The van der Waals surface area contributed by atoms with E-state index in [9.17, 15) is 9.59 Å². The van der Waals surface area contributed by atoms with Crippen molar-refractivity contribution in [1.29, 1.82) is 0 Å². The molecular weight excluding hydrogens is 310 g/mol. The third kappa shape index (κ3) is 4.07. The van der Waals surface area contributed by atoms with Crippen molar-refractivity contribution in [2.24, 2.45) is 11.8 Å². The molecule has 0 radical (unpaired) electrons. The molecule has 1 heterocycles. The highest BCUT2D eigenvalue weighted by atomic mass is 16.5. The topological polar surface area (TPSA) is 76.1 Å². The first kappa shape index (κ1) is 17.8. The Morgan fingerprint density at radius 3 is 2.71 bits per heavy atom. The number of likely N-dealkylation sites (tertiary alicyclic amines) is 1. The second kappa shape index (κ2) is 7.86. The van der Waals surface area contributed by atoms with Gasteiger partial charge >= 0.3 is 5.97 Å². The summed E-state index contributed by atoms with van der Waals surface area (Å²) in [6, 6.07) is 5.50. The fourth-order valence-electron chi connectivity index (χ4n) is 2.85. The van der Waals surface area contributed by atoms with Gasteiger partial charge < -0.3 is 19.5 Å². The maximum atomic E-state index is 12.3. The van der Waals surface area contributed by atoms with E-state index in [2.05, 4.69) is 6.58 Å². The first-order valence-electron chi connectivity index (χ1n) is 7.87. The van der Waals surface area contributed by atoms with Crippen LogP contribution >= 0.6 is 0 Å². The molecular formula is C18H23NO5. The number of aliphatic carboxylic acids is 1. The Bertz CT molecular complexity index is 628. The summed E-state index contributed by atoms with van der Waals surface area (Å²) in [5.74, 6) is -0.608. The van der Waals surface area contributed by atoms with Crippen molar-refractivity contribution in [3.8, 4) is 11.5 Å². The van der Waals surface area contributed by atoms with Crippen LogP contribution in [-0.4, -0.2) is 48.7 Å². The van der Waals surface area contributed by atoms with E-state index in [4.69, 9.17) is 14.6 Å². The fraction of sp³-hybridized carbons (Fsp3) is 0.444. The first-order chi connectivity index (χ1) is 11.5. The van der Waals surface area contributed by atoms with Gasteiger partial charge in [0, 0.05) is 13.1 Å². The number of allylic oxidation sites excluding steroid dienone is 1. The van der Waals surface area contributed by atoms with Crippen LogP contribution in [0.3, 0.4) is 0 Å². The number of amides is 1. The Hall–Kier alpha value is -2.50. The third-order valence-electron chi connectivity index (χ3n) is 4.24. The fourth-order valence-corrected chi connectivity index (χ4v) is 2.85. The van der Waals surface area contributed by atoms with Crippen molar-refractivity contribution in [3.05, 3.63) is 36.4 Å². The van der Waals surface area contributed by atoms with E-state index in [1.165, 1.54) is 0 Å². The number of carboxylic acids is 1. The SMILES string of the molecule is C=CCc1ccc(OCC(=O)N2C[C@@H](C)[C@H](C(=O)O)C2)c(OC)c1. The molecule has 2 atom stereocenters. The second-order valence-electron chi connectivity index (χ2n) is 5.99. The minimum Gasteiger partial charge on any atom is -0.493 e. The normalized spacial score (nSPS) is 19.8. The van der Waals surface area contributed by atoms with E-state index in [1.54, 1.807) is 24.2 Å². The molecule has 0 bridgehead atoms. The van der Waals surface area contributed by atoms with Crippen LogP contribution in [-0.2, 0) is 16.0 Å². The monoisotopic (exact) mass is 333 g/mol. The van der Waals surface area contributed by atoms with Crippen LogP contribution in [0.1, 0.15) is 12.5 Å². The number of methoxy groups -OCH3 is 1. The van der Waals surface area contributed by atoms with Gasteiger partial charge in [0.1, 0.15) is 0 Å². The highest BCUT2D eigenvalue weighted by molar-refractivity contribution is 5.80. The minimum absolute atomic E-state index is 0.0563. The van der Waals surface area contributed by atoms with Gasteiger partial charge in [0.05, 0.1) is 13.0 Å². The van der Waals surface area contributed by atoms with Crippen LogP contribution in [0.25, 0.3) is 0 Å². The van der Waals surface area contributed by atoms with Crippen molar-refractivity contribution in [2.45, 2.75) is 13.3 Å². The molecule has 6 heteroatoms. The van der Waals surface area contributed by atoms with Gasteiger partial charge in [0.15, 0.2) is 18.1 Å². The van der Waals surface area contributed by atoms with E-state index in [-0.39, 0.29) is 25.0 Å². The molecule has 1 aromatic rings. The number of ether oxygens (including phenoxy) is 2. The van der Waals surface area contributed by atoms with Crippen molar-refractivity contribution in [3.63, 3.8) is 0 Å². The number of hydrogen-bond acceptors (Lipinski definition) is 4. The molecule has 0 saturated carbocycles. The predicted molar refractivity (Wildman–Crippen MR) is 89.3 cm³/mol. The average Bonchev–Trinajstić information content (AvgIpc) is 2.95. The molecule has 0 unspecified atom stereocenters. The Kier molecular flexibility index (Phi) is 5.84. The highest BCUT2D eigenvalue weighted by Gasteiger charge is 2.36. The molecule has 24 heavy (non-hydrogen) atoms. The zero-order valence-corrected chi connectivity index (χ0v) is 14.0. The van der Waals surface area contributed by atoms with Crippen molar-refractivity contribution in [1.82, 2.24) is 4.90 Å². The quantitative estimate of drug-likeness (QED) is 0.772. The van der Waals surface area contributed by atoms with Crippen LogP contribution in [0.15, 0.2) is 30.9 Å². The lowest BCUT2D eigenvalue weighted by Gasteiger charge is -2.17. The van der Waals surface area contributed by atoms with Crippen LogP contribution < -0.4 is 9.47 Å². The Labute approximate surface area is 141 Å². The van der Waals surface area contributed by atoms with Gasteiger partial charge in [0.25, 0.3) is 5.91 Å². The van der Waals surface area contributed by atoms with Crippen molar-refractivity contribution < 1.29 is 24.2 Å². The summed E-state index contributed by atoms with van der Waals surface area (Å²) in [7, 11) is 1.54. The van der Waals surface area contributed by atoms with E-state index < -0.39 is 11.9 Å². The van der Waals surface area contributed by atoms with Crippen molar-refractivity contribution in [2.75, 3.05) is 26.8 Å². The third-order valence-corrected chi connectivity index (χ3v) is 4.24. The van der Waals surface area contributed by atoms with Gasteiger partial charge in [-0.2, -0.15) is 0 Å². The second-order valence-corrected chi connectivity index (χ2v) is 5.99. The standard InChI is InChI=1S/C18H23NO5/c1-4-5-13-6-7-15(16(8-13)23-3)24-11-17(20)19-9-12(2)14(10-19)18(21)22/h4,6-8,12,14H,1,5,9-11H2,2-3H3,(H,21,22)/t12-,14-/m1/s1. The molecule has 1 amide bonds. The van der Waals surface area contributed by atoms with Gasteiger partial charge in [-0.15, -0.1) is 6.58 Å². The lowest BCUT2D eigenvalue weighted by Crippen LogP contribution is -2.33.